The van der Waals surface area contributed by atoms with E-state index in [9.17, 15) is 9.59 Å². The molecule has 0 saturated heterocycles. The second-order valence-electron chi connectivity index (χ2n) is 3.95. The standard InChI is InChI=1S/C14H11BrN2O4/c1-9(18)21-12-5-4-11(15)7-10(12)8-16-17-14(19)13-3-2-6-20-13/h2-8H,1H3,(H,17,19)/b16-8-. The Kier molecular flexibility index (Phi) is 4.89. The number of benzene rings is 1. The number of hydrazone groups is 1. The minimum atomic E-state index is -0.472. The maximum absolute atomic E-state index is 11.6. The molecule has 0 aliphatic heterocycles. The molecule has 6 nitrogen and oxygen atoms in total. The molecule has 1 aromatic heterocycles. The summed E-state index contributed by atoms with van der Waals surface area (Å²) in [5.74, 6) is -0.407. The van der Waals surface area contributed by atoms with Crippen molar-refractivity contribution in [1.29, 1.82) is 0 Å². The topological polar surface area (TPSA) is 80.9 Å². The number of halogens is 1. The van der Waals surface area contributed by atoms with Crippen LogP contribution in [-0.2, 0) is 4.79 Å². The second-order valence-corrected chi connectivity index (χ2v) is 4.87. The zero-order valence-electron chi connectivity index (χ0n) is 11.0. The van der Waals surface area contributed by atoms with Gasteiger partial charge in [-0.25, -0.2) is 5.43 Å². The Morgan fingerprint density at radius 1 is 1.38 bits per heavy atom. The zero-order valence-corrected chi connectivity index (χ0v) is 12.6. The van der Waals surface area contributed by atoms with Crippen LogP contribution >= 0.6 is 15.9 Å². The molecule has 7 heteroatoms. The molecule has 0 bridgehead atoms. The van der Waals surface area contributed by atoms with Gasteiger partial charge in [0.05, 0.1) is 12.5 Å². The molecule has 1 amide bonds. The SMILES string of the molecule is CC(=O)Oc1ccc(Br)cc1/C=N\NC(=O)c1ccco1. The number of nitrogens with zero attached hydrogens (tertiary/aromatic N) is 1. The number of amides is 1. The lowest BCUT2D eigenvalue weighted by molar-refractivity contribution is -0.131. The first-order valence-electron chi connectivity index (χ1n) is 5.91. The molecule has 0 unspecified atom stereocenters. The van der Waals surface area contributed by atoms with Gasteiger partial charge in [-0.1, -0.05) is 15.9 Å². The molecule has 0 saturated carbocycles. The molecule has 0 atom stereocenters. The van der Waals surface area contributed by atoms with Gasteiger partial charge < -0.3 is 9.15 Å². The van der Waals surface area contributed by atoms with Gasteiger partial charge in [-0.05, 0) is 30.3 Å². The van der Waals surface area contributed by atoms with Crippen molar-refractivity contribution in [3.05, 3.63) is 52.4 Å². The van der Waals surface area contributed by atoms with Crippen LogP contribution in [0.1, 0.15) is 23.0 Å². The molecule has 1 heterocycles. The number of nitrogens with one attached hydrogen (secondary N) is 1. The smallest absolute Gasteiger partial charge is 0.308 e. The largest absolute Gasteiger partial charge is 0.459 e. The Labute approximate surface area is 128 Å². The summed E-state index contributed by atoms with van der Waals surface area (Å²) < 4.78 is 10.8. The van der Waals surface area contributed by atoms with Crippen LogP contribution in [0.3, 0.4) is 0 Å². The molecule has 2 aromatic rings. The molecule has 1 N–H and O–H groups in total. The average molecular weight is 351 g/mol. The maximum atomic E-state index is 11.6. The molecule has 1 aromatic carbocycles. The van der Waals surface area contributed by atoms with E-state index < -0.39 is 11.9 Å². The summed E-state index contributed by atoms with van der Waals surface area (Å²) in [5, 5.41) is 3.81. The average Bonchev–Trinajstić information content (AvgIpc) is 2.95. The Morgan fingerprint density at radius 2 is 2.19 bits per heavy atom. The Balaban J connectivity index is 2.11. The quantitative estimate of drug-likeness (QED) is 0.398. The number of ether oxygens (including phenoxy) is 1. The fourth-order valence-electron chi connectivity index (χ4n) is 1.49. The summed E-state index contributed by atoms with van der Waals surface area (Å²) in [5.41, 5.74) is 2.86. The van der Waals surface area contributed by atoms with E-state index in [2.05, 4.69) is 26.5 Å². The lowest BCUT2D eigenvalue weighted by atomic mass is 10.2. The maximum Gasteiger partial charge on any atom is 0.308 e. The highest BCUT2D eigenvalue weighted by Crippen LogP contribution is 2.21. The summed E-state index contributed by atoms with van der Waals surface area (Å²) in [6, 6.07) is 8.19. The van der Waals surface area contributed by atoms with Crippen molar-refractivity contribution in [2.24, 2.45) is 5.10 Å². The summed E-state index contributed by atoms with van der Waals surface area (Å²) in [4.78, 5) is 22.6. The van der Waals surface area contributed by atoms with Crippen molar-refractivity contribution in [2.45, 2.75) is 6.92 Å². The minimum Gasteiger partial charge on any atom is -0.459 e. The lowest BCUT2D eigenvalue weighted by Crippen LogP contribution is -2.16. The predicted molar refractivity (Wildman–Crippen MR) is 79.2 cm³/mol. The fourth-order valence-corrected chi connectivity index (χ4v) is 1.87. The van der Waals surface area contributed by atoms with Crippen LogP contribution < -0.4 is 10.2 Å². The van der Waals surface area contributed by atoms with Crippen molar-refractivity contribution >= 4 is 34.0 Å². The van der Waals surface area contributed by atoms with Gasteiger partial charge in [0, 0.05) is 17.0 Å². The number of esters is 1. The van der Waals surface area contributed by atoms with Crippen LogP contribution in [0, 0.1) is 0 Å². The molecule has 0 aliphatic carbocycles. The molecule has 21 heavy (non-hydrogen) atoms. The van der Waals surface area contributed by atoms with Crippen molar-refractivity contribution in [2.75, 3.05) is 0 Å². The third kappa shape index (κ3) is 4.28. The predicted octanol–water partition coefficient (Wildman–Crippen LogP) is 2.73. The third-order valence-electron chi connectivity index (χ3n) is 2.34. The van der Waals surface area contributed by atoms with E-state index in [4.69, 9.17) is 9.15 Å². The van der Waals surface area contributed by atoms with Crippen molar-refractivity contribution in [1.82, 2.24) is 5.43 Å². The van der Waals surface area contributed by atoms with E-state index in [1.807, 2.05) is 0 Å². The number of rotatable bonds is 4. The van der Waals surface area contributed by atoms with E-state index in [0.29, 0.717) is 11.3 Å². The molecule has 0 fully saturated rings. The Morgan fingerprint density at radius 3 is 2.86 bits per heavy atom. The van der Waals surface area contributed by atoms with E-state index in [-0.39, 0.29) is 5.76 Å². The van der Waals surface area contributed by atoms with Gasteiger partial charge in [-0.2, -0.15) is 5.10 Å². The monoisotopic (exact) mass is 350 g/mol. The first-order valence-corrected chi connectivity index (χ1v) is 6.70. The second kappa shape index (κ2) is 6.85. The van der Waals surface area contributed by atoms with Gasteiger partial charge >= 0.3 is 11.9 Å². The van der Waals surface area contributed by atoms with Crippen LogP contribution in [-0.4, -0.2) is 18.1 Å². The van der Waals surface area contributed by atoms with E-state index in [1.165, 1.54) is 25.5 Å². The normalized spacial score (nSPS) is 10.6. The zero-order chi connectivity index (χ0) is 15.2. The van der Waals surface area contributed by atoms with E-state index in [0.717, 1.165) is 4.47 Å². The van der Waals surface area contributed by atoms with E-state index in [1.54, 1.807) is 24.3 Å². The van der Waals surface area contributed by atoms with Gasteiger partial charge in [0.15, 0.2) is 5.76 Å². The molecule has 2 rings (SSSR count). The number of carbonyl (C=O) groups excluding carboxylic acids is 2. The highest BCUT2D eigenvalue weighted by Gasteiger charge is 2.08. The molecule has 108 valence electrons. The number of furan rings is 1. The first-order chi connectivity index (χ1) is 10.1. The van der Waals surface area contributed by atoms with Crippen LogP contribution in [0.15, 0.2) is 50.6 Å². The molecule has 0 spiro atoms. The van der Waals surface area contributed by atoms with Crippen LogP contribution in [0.5, 0.6) is 5.75 Å². The Hall–Kier alpha value is -2.41. The first kappa shape index (κ1) is 15.0. The minimum absolute atomic E-state index is 0.154. The number of hydrogen-bond donors (Lipinski definition) is 1. The third-order valence-corrected chi connectivity index (χ3v) is 2.83. The molecule has 0 radical (unpaired) electrons. The highest BCUT2D eigenvalue weighted by molar-refractivity contribution is 9.10. The van der Waals surface area contributed by atoms with Crippen LogP contribution in [0.2, 0.25) is 0 Å². The molecular formula is C14H11BrN2O4. The van der Waals surface area contributed by atoms with E-state index >= 15 is 0 Å². The summed E-state index contributed by atoms with van der Waals surface area (Å²) in [6.45, 7) is 1.31. The Bertz CT molecular complexity index is 680. The fraction of sp³-hybridized carbons (Fsp3) is 0.0714. The number of hydrogen-bond acceptors (Lipinski definition) is 5. The highest BCUT2D eigenvalue weighted by atomic mass is 79.9. The van der Waals surface area contributed by atoms with Gasteiger partial charge in [0.2, 0.25) is 0 Å². The number of carbonyl (C=O) groups is 2. The molecular weight excluding hydrogens is 340 g/mol. The van der Waals surface area contributed by atoms with Gasteiger partial charge in [-0.15, -0.1) is 0 Å². The van der Waals surface area contributed by atoms with Gasteiger partial charge in [0.25, 0.3) is 0 Å². The summed E-state index contributed by atoms with van der Waals surface area (Å²) in [6.07, 6.45) is 2.77. The van der Waals surface area contributed by atoms with Crippen molar-refractivity contribution < 1.29 is 18.7 Å². The van der Waals surface area contributed by atoms with Gasteiger partial charge in [-0.3, -0.25) is 9.59 Å². The summed E-state index contributed by atoms with van der Waals surface area (Å²) >= 11 is 3.31. The van der Waals surface area contributed by atoms with Crippen LogP contribution in [0.4, 0.5) is 0 Å². The summed E-state index contributed by atoms with van der Waals surface area (Å²) in [7, 11) is 0. The van der Waals surface area contributed by atoms with Gasteiger partial charge in [0.1, 0.15) is 5.75 Å². The molecule has 0 aliphatic rings. The van der Waals surface area contributed by atoms with Crippen LogP contribution in [0.25, 0.3) is 0 Å². The van der Waals surface area contributed by atoms with Crippen molar-refractivity contribution in [3.63, 3.8) is 0 Å². The van der Waals surface area contributed by atoms with Crippen molar-refractivity contribution in [3.8, 4) is 5.75 Å². The lowest BCUT2D eigenvalue weighted by Gasteiger charge is -2.05.